The van der Waals surface area contributed by atoms with Gasteiger partial charge in [-0.3, -0.25) is 4.79 Å². The molecule has 5 heteroatoms. The molecule has 1 atom stereocenters. The van der Waals surface area contributed by atoms with E-state index < -0.39 is 5.60 Å². The predicted molar refractivity (Wildman–Crippen MR) is 69.2 cm³/mol. The molecule has 0 unspecified atom stereocenters. The lowest BCUT2D eigenvalue weighted by Crippen LogP contribution is -2.56. The number of hydrogen-bond acceptors (Lipinski definition) is 3. The van der Waals surface area contributed by atoms with Crippen molar-refractivity contribution in [3.63, 3.8) is 0 Å². The van der Waals surface area contributed by atoms with Crippen molar-refractivity contribution in [3.05, 3.63) is 12.7 Å². The van der Waals surface area contributed by atoms with E-state index in [2.05, 4.69) is 6.58 Å². The average Bonchev–Trinajstić information content (AvgIpc) is 2.25. The maximum Gasteiger partial charge on any atom is 0.410 e. The fourth-order valence-corrected chi connectivity index (χ4v) is 1.88. The van der Waals surface area contributed by atoms with Crippen molar-refractivity contribution in [3.8, 4) is 0 Å². The van der Waals surface area contributed by atoms with Crippen LogP contribution < -0.4 is 0 Å². The first-order chi connectivity index (χ1) is 8.24. The molecule has 0 aromatic heterocycles. The van der Waals surface area contributed by atoms with Gasteiger partial charge in [-0.2, -0.15) is 0 Å². The molecule has 1 rings (SSSR count). The normalized spacial score (nSPS) is 20.6. The van der Waals surface area contributed by atoms with Gasteiger partial charge in [-0.1, -0.05) is 6.58 Å². The van der Waals surface area contributed by atoms with Gasteiger partial charge in [-0.25, -0.2) is 4.79 Å². The quantitative estimate of drug-likeness (QED) is 0.668. The highest BCUT2D eigenvalue weighted by Crippen LogP contribution is 2.15. The lowest BCUT2D eigenvalue weighted by molar-refractivity contribution is -0.128. The fourth-order valence-electron chi connectivity index (χ4n) is 1.88. The van der Waals surface area contributed by atoms with Gasteiger partial charge in [0.1, 0.15) is 5.60 Å². The van der Waals surface area contributed by atoms with Crippen LogP contribution >= 0.6 is 0 Å². The van der Waals surface area contributed by atoms with Gasteiger partial charge in [0.05, 0.1) is 0 Å². The van der Waals surface area contributed by atoms with E-state index >= 15 is 0 Å². The molecule has 0 saturated carbocycles. The van der Waals surface area contributed by atoms with E-state index in [-0.39, 0.29) is 18.0 Å². The Balaban J connectivity index is 2.60. The summed E-state index contributed by atoms with van der Waals surface area (Å²) in [7, 11) is 0. The van der Waals surface area contributed by atoms with Crippen molar-refractivity contribution < 1.29 is 14.3 Å². The molecule has 1 heterocycles. The van der Waals surface area contributed by atoms with Gasteiger partial charge in [-0.05, 0) is 33.8 Å². The van der Waals surface area contributed by atoms with Crippen LogP contribution in [0.1, 0.15) is 27.7 Å². The van der Waals surface area contributed by atoms with Crippen molar-refractivity contribution in [1.82, 2.24) is 9.80 Å². The molecule has 0 bridgehead atoms. The zero-order chi connectivity index (χ0) is 13.9. The van der Waals surface area contributed by atoms with Crippen molar-refractivity contribution in [2.24, 2.45) is 0 Å². The number of carbonyl (C=O) groups excluding carboxylic acids is 2. The number of carbonyl (C=O) groups is 2. The van der Waals surface area contributed by atoms with E-state index in [0.29, 0.717) is 19.6 Å². The zero-order valence-corrected chi connectivity index (χ0v) is 11.6. The molecule has 1 saturated heterocycles. The standard InChI is InChI=1S/C13H22N2O3/c1-6-11(16)14-7-8-15(10(2)9-14)12(17)18-13(3,4)5/h6,10H,1,7-9H2,2-5H3/t10-/m0/s1. The third-order valence-electron chi connectivity index (χ3n) is 2.74. The highest BCUT2D eigenvalue weighted by atomic mass is 16.6. The summed E-state index contributed by atoms with van der Waals surface area (Å²) >= 11 is 0. The van der Waals surface area contributed by atoms with Crippen molar-refractivity contribution in [2.75, 3.05) is 19.6 Å². The molecule has 102 valence electrons. The molecule has 0 N–H and O–H groups in total. The van der Waals surface area contributed by atoms with Crippen LogP contribution in [-0.2, 0) is 9.53 Å². The van der Waals surface area contributed by atoms with Crippen LogP contribution in [0.3, 0.4) is 0 Å². The predicted octanol–water partition coefficient (Wildman–Crippen LogP) is 1.64. The van der Waals surface area contributed by atoms with Crippen LogP contribution in [0.5, 0.6) is 0 Å². The summed E-state index contributed by atoms with van der Waals surface area (Å²) in [6, 6.07) is -0.0440. The van der Waals surface area contributed by atoms with E-state index in [1.807, 2.05) is 27.7 Å². The summed E-state index contributed by atoms with van der Waals surface area (Å²) < 4.78 is 5.33. The Labute approximate surface area is 108 Å². The summed E-state index contributed by atoms with van der Waals surface area (Å²) in [5.74, 6) is -0.0920. The monoisotopic (exact) mass is 254 g/mol. The first-order valence-corrected chi connectivity index (χ1v) is 6.15. The summed E-state index contributed by atoms with van der Waals surface area (Å²) in [6.07, 6.45) is 0.983. The van der Waals surface area contributed by atoms with Gasteiger partial charge in [0.15, 0.2) is 0 Å². The van der Waals surface area contributed by atoms with E-state index in [4.69, 9.17) is 4.74 Å². The molecule has 5 nitrogen and oxygen atoms in total. The second kappa shape index (κ2) is 5.42. The van der Waals surface area contributed by atoms with Crippen molar-refractivity contribution in [2.45, 2.75) is 39.3 Å². The van der Waals surface area contributed by atoms with Gasteiger partial charge < -0.3 is 14.5 Å². The molecule has 0 aromatic rings. The smallest absolute Gasteiger partial charge is 0.410 e. The molecular weight excluding hydrogens is 232 g/mol. The Kier molecular flexibility index (Phi) is 4.38. The molecule has 0 aliphatic carbocycles. The topological polar surface area (TPSA) is 49.9 Å². The number of rotatable bonds is 1. The molecule has 1 aliphatic rings. The SMILES string of the molecule is C=CC(=O)N1CCN(C(=O)OC(C)(C)C)[C@@H](C)C1. The summed E-state index contributed by atoms with van der Waals surface area (Å²) in [4.78, 5) is 26.8. The van der Waals surface area contributed by atoms with E-state index in [1.54, 1.807) is 9.80 Å². The Bertz CT molecular complexity index is 347. The molecule has 1 fully saturated rings. The summed E-state index contributed by atoms with van der Waals surface area (Å²) in [5, 5.41) is 0. The Hall–Kier alpha value is -1.52. The van der Waals surface area contributed by atoms with Crippen molar-refractivity contribution >= 4 is 12.0 Å². The highest BCUT2D eigenvalue weighted by Gasteiger charge is 2.31. The van der Waals surface area contributed by atoms with Gasteiger partial charge >= 0.3 is 6.09 Å². The molecule has 0 spiro atoms. The number of piperazine rings is 1. The fraction of sp³-hybridized carbons (Fsp3) is 0.692. The zero-order valence-electron chi connectivity index (χ0n) is 11.6. The highest BCUT2D eigenvalue weighted by molar-refractivity contribution is 5.87. The minimum Gasteiger partial charge on any atom is -0.444 e. The maximum absolute atomic E-state index is 12.0. The van der Waals surface area contributed by atoms with Crippen LogP contribution in [0.2, 0.25) is 0 Å². The number of amides is 2. The molecule has 1 aliphatic heterocycles. The van der Waals surface area contributed by atoms with Gasteiger partial charge in [0, 0.05) is 25.7 Å². The van der Waals surface area contributed by atoms with Crippen LogP contribution in [0, 0.1) is 0 Å². The number of ether oxygens (including phenoxy) is 1. The van der Waals surface area contributed by atoms with Crippen LogP contribution in [0.25, 0.3) is 0 Å². The molecule has 0 aromatic carbocycles. The summed E-state index contributed by atoms with van der Waals surface area (Å²) in [6.45, 7) is 12.4. The van der Waals surface area contributed by atoms with Crippen LogP contribution in [0.4, 0.5) is 4.79 Å². The van der Waals surface area contributed by atoms with Gasteiger partial charge in [0.25, 0.3) is 0 Å². The minimum absolute atomic E-state index is 0.0440. The lowest BCUT2D eigenvalue weighted by Gasteiger charge is -2.39. The van der Waals surface area contributed by atoms with Crippen LogP contribution in [-0.4, -0.2) is 53.1 Å². The van der Waals surface area contributed by atoms with E-state index in [0.717, 1.165) is 0 Å². The number of nitrogens with zero attached hydrogens (tertiary/aromatic N) is 2. The van der Waals surface area contributed by atoms with Crippen LogP contribution in [0.15, 0.2) is 12.7 Å². The third kappa shape index (κ3) is 3.75. The largest absolute Gasteiger partial charge is 0.444 e. The van der Waals surface area contributed by atoms with E-state index in [9.17, 15) is 9.59 Å². The third-order valence-corrected chi connectivity index (χ3v) is 2.74. The Morgan fingerprint density at radius 1 is 1.33 bits per heavy atom. The molecule has 18 heavy (non-hydrogen) atoms. The number of hydrogen-bond donors (Lipinski definition) is 0. The summed E-state index contributed by atoms with van der Waals surface area (Å²) in [5.41, 5.74) is -0.495. The minimum atomic E-state index is -0.495. The second-order valence-corrected chi connectivity index (χ2v) is 5.51. The Morgan fingerprint density at radius 2 is 1.94 bits per heavy atom. The maximum atomic E-state index is 12.0. The Morgan fingerprint density at radius 3 is 2.39 bits per heavy atom. The first kappa shape index (κ1) is 14.5. The van der Waals surface area contributed by atoms with Crippen molar-refractivity contribution in [1.29, 1.82) is 0 Å². The molecule has 0 radical (unpaired) electrons. The molecular formula is C13H22N2O3. The molecule has 2 amide bonds. The lowest BCUT2D eigenvalue weighted by atomic mass is 10.2. The van der Waals surface area contributed by atoms with Gasteiger partial charge in [0.2, 0.25) is 5.91 Å². The average molecular weight is 254 g/mol. The second-order valence-electron chi connectivity index (χ2n) is 5.51. The van der Waals surface area contributed by atoms with Gasteiger partial charge in [-0.15, -0.1) is 0 Å². The van der Waals surface area contributed by atoms with E-state index in [1.165, 1.54) is 6.08 Å². The first-order valence-electron chi connectivity index (χ1n) is 6.15.